The number of rotatable bonds is 8. The van der Waals surface area contributed by atoms with E-state index in [4.69, 9.17) is 4.74 Å². The number of aryl methyl sites for hydroxylation is 2. The van der Waals surface area contributed by atoms with E-state index >= 15 is 0 Å². The van der Waals surface area contributed by atoms with Gasteiger partial charge in [0.25, 0.3) is 15.9 Å². The number of fused-ring (bicyclic) bond motifs is 1. The van der Waals surface area contributed by atoms with Crippen LogP contribution in [0.2, 0.25) is 0 Å². The fourth-order valence-electron chi connectivity index (χ4n) is 3.70. The second kappa shape index (κ2) is 9.87. The van der Waals surface area contributed by atoms with Crippen molar-refractivity contribution in [1.82, 2.24) is 10.3 Å². The van der Waals surface area contributed by atoms with Gasteiger partial charge < -0.3 is 10.1 Å². The van der Waals surface area contributed by atoms with Crippen molar-refractivity contribution >= 4 is 21.6 Å². The summed E-state index contributed by atoms with van der Waals surface area (Å²) < 4.78 is 34.1. The number of hydrogen-bond donors (Lipinski definition) is 2. The van der Waals surface area contributed by atoms with E-state index in [1.165, 1.54) is 11.8 Å². The van der Waals surface area contributed by atoms with Crippen LogP contribution in [0.3, 0.4) is 0 Å². The van der Waals surface area contributed by atoms with Gasteiger partial charge >= 0.3 is 0 Å². The summed E-state index contributed by atoms with van der Waals surface area (Å²) in [5.74, 6) is 0.247. The van der Waals surface area contributed by atoms with Gasteiger partial charge in [0.05, 0.1) is 4.90 Å². The van der Waals surface area contributed by atoms with Gasteiger partial charge in [-0.2, -0.15) is 0 Å². The van der Waals surface area contributed by atoms with E-state index in [1.54, 1.807) is 54.6 Å². The molecule has 33 heavy (non-hydrogen) atoms. The van der Waals surface area contributed by atoms with Crippen LogP contribution < -0.4 is 14.8 Å². The number of carbonyl (C=O) groups excluding carboxylic acids is 1. The number of hydrogen-bond acceptors (Lipinski definition) is 5. The fourth-order valence-corrected chi connectivity index (χ4v) is 4.81. The highest BCUT2D eigenvalue weighted by Crippen LogP contribution is 2.27. The van der Waals surface area contributed by atoms with Crippen molar-refractivity contribution < 1.29 is 17.9 Å². The van der Waals surface area contributed by atoms with Crippen molar-refractivity contribution in [2.75, 3.05) is 11.3 Å². The van der Waals surface area contributed by atoms with Gasteiger partial charge in [-0.1, -0.05) is 12.1 Å². The van der Waals surface area contributed by atoms with E-state index in [2.05, 4.69) is 21.6 Å². The molecule has 1 heterocycles. The highest BCUT2D eigenvalue weighted by atomic mass is 32.2. The number of benzene rings is 2. The zero-order valence-corrected chi connectivity index (χ0v) is 18.9. The number of anilines is 1. The lowest BCUT2D eigenvalue weighted by molar-refractivity contribution is 0.0955. The number of amides is 1. The smallest absolute Gasteiger partial charge is 0.261 e. The molecule has 4 rings (SSSR count). The molecule has 0 saturated heterocycles. The SMILES string of the molecule is C=CCNC(=O)c1cccnc1Oc1ccc(NS(=O)(=O)c2ccc3c(c2)CCCC3)cc1. The first-order valence-electron chi connectivity index (χ1n) is 10.7. The molecule has 1 aromatic heterocycles. The van der Waals surface area contributed by atoms with Crippen LogP contribution in [-0.2, 0) is 22.9 Å². The predicted octanol–water partition coefficient (Wildman–Crippen LogP) is 4.47. The monoisotopic (exact) mass is 463 g/mol. The molecule has 0 bridgehead atoms. The summed E-state index contributed by atoms with van der Waals surface area (Å²) in [6.07, 6.45) is 7.24. The molecule has 1 aliphatic rings. The Kier molecular flexibility index (Phi) is 6.74. The maximum Gasteiger partial charge on any atom is 0.261 e. The van der Waals surface area contributed by atoms with Gasteiger partial charge in [-0.15, -0.1) is 6.58 Å². The normalized spacial score (nSPS) is 13.0. The molecule has 0 fully saturated rings. The molecule has 7 nitrogen and oxygen atoms in total. The van der Waals surface area contributed by atoms with Crippen molar-refractivity contribution in [3.63, 3.8) is 0 Å². The van der Waals surface area contributed by atoms with Gasteiger partial charge in [-0.3, -0.25) is 9.52 Å². The quantitative estimate of drug-likeness (QED) is 0.481. The third-order valence-electron chi connectivity index (χ3n) is 5.37. The van der Waals surface area contributed by atoms with Crippen molar-refractivity contribution in [3.8, 4) is 11.6 Å². The molecular weight excluding hydrogens is 438 g/mol. The highest BCUT2D eigenvalue weighted by Gasteiger charge is 2.18. The summed E-state index contributed by atoms with van der Waals surface area (Å²) in [6.45, 7) is 3.90. The van der Waals surface area contributed by atoms with Crippen molar-refractivity contribution in [1.29, 1.82) is 0 Å². The minimum absolute atomic E-state index is 0.154. The number of carbonyl (C=O) groups is 1. The summed E-state index contributed by atoms with van der Waals surface area (Å²) in [6, 6.07) is 15.0. The van der Waals surface area contributed by atoms with E-state index in [0.717, 1.165) is 31.2 Å². The van der Waals surface area contributed by atoms with Crippen LogP contribution in [-0.4, -0.2) is 25.9 Å². The number of sulfonamides is 1. The Balaban J connectivity index is 1.47. The van der Waals surface area contributed by atoms with Crippen LogP contribution >= 0.6 is 0 Å². The third-order valence-corrected chi connectivity index (χ3v) is 6.75. The van der Waals surface area contributed by atoms with Crippen LogP contribution in [0.4, 0.5) is 5.69 Å². The molecule has 1 aliphatic carbocycles. The Morgan fingerprint density at radius 3 is 2.58 bits per heavy atom. The number of ether oxygens (including phenoxy) is 1. The molecule has 0 radical (unpaired) electrons. The van der Waals surface area contributed by atoms with Crippen molar-refractivity contribution in [3.05, 3.63) is 90.1 Å². The summed E-state index contributed by atoms with van der Waals surface area (Å²) in [5, 5.41) is 2.69. The first-order chi connectivity index (χ1) is 16.0. The molecule has 0 spiro atoms. The zero-order chi connectivity index (χ0) is 23.3. The standard InChI is InChI=1S/C25H25N3O4S/c1-2-15-26-24(29)23-8-5-16-27-25(23)32-21-12-10-20(11-13-21)28-33(30,31)22-14-9-18-6-3-4-7-19(18)17-22/h2,5,8-14,16-17,28H,1,3-4,6-7,15H2,(H,26,29). The average molecular weight is 464 g/mol. The van der Waals surface area contributed by atoms with Crippen molar-refractivity contribution in [2.45, 2.75) is 30.6 Å². The van der Waals surface area contributed by atoms with Crippen LogP contribution in [0, 0.1) is 0 Å². The van der Waals surface area contributed by atoms with E-state index in [1.807, 2.05) is 6.07 Å². The van der Waals surface area contributed by atoms with Gasteiger partial charge in [0.2, 0.25) is 5.88 Å². The fraction of sp³-hybridized carbons (Fsp3) is 0.200. The Bertz CT molecular complexity index is 1270. The molecule has 0 aliphatic heterocycles. The molecule has 3 aromatic rings. The Morgan fingerprint density at radius 2 is 1.82 bits per heavy atom. The third kappa shape index (κ3) is 5.40. The maximum atomic E-state index is 12.9. The predicted molar refractivity (Wildman–Crippen MR) is 127 cm³/mol. The lowest BCUT2D eigenvalue weighted by atomic mass is 9.92. The van der Waals surface area contributed by atoms with Gasteiger partial charge in [-0.25, -0.2) is 13.4 Å². The summed E-state index contributed by atoms with van der Waals surface area (Å²) >= 11 is 0. The number of pyridine rings is 1. The molecule has 0 unspecified atom stereocenters. The summed E-state index contributed by atoms with van der Waals surface area (Å²) in [5.41, 5.74) is 3.03. The topological polar surface area (TPSA) is 97.4 Å². The maximum absolute atomic E-state index is 12.9. The minimum atomic E-state index is -3.71. The Labute approximate surface area is 193 Å². The second-order valence-corrected chi connectivity index (χ2v) is 9.41. The molecule has 1 amide bonds. The molecule has 170 valence electrons. The Morgan fingerprint density at radius 1 is 1.06 bits per heavy atom. The van der Waals surface area contributed by atoms with Crippen LogP contribution in [0.15, 0.2) is 78.3 Å². The van der Waals surface area contributed by atoms with E-state index in [9.17, 15) is 13.2 Å². The molecule has 0 saturated carbocycles. The van der Waals surface area contributed by atoms with Gasteiger partial charge in [0.15, 0.2) is 0 Å². The zero-order valence-electron chi connectivity index (χ0n) is 18.1. The van der Waals surface area contributed by atoms with Crippen LogP contribution in [0.25, 0.3) is 0 Å². The van der Waals surface area contributed by atoms with Crippen LogP contribution in [0.5, 0.6) is 11.6 Å². The largest absolute Gasteiger partial charge is 0.438 e. The molecular formula is C25H25N3O4S. The van der Waals surface area contributed by atoms with Crippen molar-refractivity contribution in [2.24, 2.45) is 0 Å². The first kappa shape index (κ1) is 22.5. The molecule has 8 heteroatoms. The number of nitrogens with one attached hydrogen (secondary N) is 2. The highest BCUT2D eigenvalue weighted by molar-refractivity contribution is 7.92. The molecule has 2 aromatic carbocycles. The van der Waals surface area contributed by atoms with E-state index < -0.39 is 10.0 Å². The van der Waals surface area contributed by atoms with E-state index in [-0.39, 0.29) is 22.2 Å². The van der Waals surface area contributed by atoms with Gasteiger partial charge in [-0.05, 0) is 85.3 Å². The molecule has 2 N–H and O–H groups in total. The lowest BCUT2D eigenvalue weighted by Gasteiger charge is -2.17. The van der Waals surface area contributed by atoms with E-state index in [0.29, 0.717) is 18.0 Å². The minimum Gasteiger partial charge on any atom is -0.438 e. The first-order valence-corrected chi connectivity index (χ1v) is 12.2. The number of aromatic nitrogens is 1. The Hall–Kier alpha value is -3.65. The van der Waals surface area contributed by atoms with Gasteiger partial charge in [0, 0.05) is 18.4 Å². The van der Waals surface area contributed by atoms with Gasteiger partial charge in [0.1, 0.15) is 11.3 Å². The average Bonchev–Trinajstić information content (AvgIpc) is 2.83. The summed E-state index contributed by atoms with van der Waals surface area (Å²) in [4.78, 5) is 16.7. The second-order valence-electron chi connectivity index (χ2n) is 7.72. The van der Waals surface area contributed by atoms with Crippen LogP contribution in [0.1, 0.15) is 34.3 Å². The molecule has 0 atom stereocenters. The lowest BCUT2D eigenvalue weighted by Crippen LogP contribution is -2.23. The number of nitrogens with zero attached hydrogens (tertiary/aromatic N) is 1. The summed E-state index contributed by atoms with van der Waals surface area (Å²) in [7, 11) is -3.71.